The number of carbonyl (C=O) groups is 2. The van der Waals surface area contributed by atoms with Gasteiger partial charge in [0.15, 0.2) is 0 Å². The van der Waals surface area contributed by atoms with Crippen molar-refractivity contribution >= 4 is 24.3 Å². The normalized spacial score (nSPS) is 12.2. The van der Waals surface area contributed by atoms with Gasteiger partial charge in [-0.1, -0.05) is 13.8 Å². The smallest absolute Gasteiger partial charge is 0.220 e. The first-order chi connectivity index (χ1) is 6.06. The highest BCUT2D eigenvalue weighted by molar-refractivity contribution is 7.80. The molecule has 0 rings (SSSR count). The Kier molecular flexibility index (Phi) is 6.68. The SMILES string of the molecule is CCC(=O)CCC(=O)NCC(C)S. The number of nitrogens with one attached hydrogen (secondary N) is 1. The Morgan fingerprint density at radius 1 is 1.38 bits per heavy atom. The zero-order valence-electron chi connectivity index (χ0n) is 8.17. The molecule has 0 aromatic heterocycles. The van der Waals surface area contributed by atoms with Crippen LogP contribution in [0.15, 0.2) is 0 Å². The maximum atomic E-state index is 11.1. The summed E-state index contributed by atoms with van der Waals surface area (Å²) in [6.07, 6.45) is 1.16. The van der Waals surface area contributed by atoms with E-state index < -0.39 is 0 Å². The predicted molar refractivity (Wildman–Crippen MR) is 56.0 cm³/mol. The van der Waals surface area contributed by atoms with Crippen LogP contribution in [0.1, 0.15) is 33.1 Å². The lowest BCUT2D eigenvalue weighted by atomic mass is 10.2. The highest BCUT2D eigenvalue weighted by Gasteiger charge is 2.05. The van der Waals surface area contributed by atoms with E-state index in [1.807, 2.05) is 6.92 Å². The van der Waals surface area contributed by atoms with Gasteiger partial charge in [-0.3, -0.25) is 9.59 Å². The molecule has 13 heavy (non-hydrogen) atoms. The molecule has 0 aromatic rings. The molecule has 0 saturated heterocycles. The van der Waals surface area contributed by atoms with Gasteiger partial charge in [-0.25, -0.2) is 0 Å². The first-order valence-corrected chi connectivity index (χ1v) is 5.04. The molecule has 1 N–H and O–H groups in total. The van der Waals surface area contributed by atoms with E-state index in [2.05, 4.69) is 17.9 Å². The number of amides is 1. The molecule has 1 atom stereocenters. The molecule has 3 nitrogen and oxygen atoms in total. The first kappa shape index (κ1) is 12.5. The Labute approximate surface area is 84.7 Å². The molecule has 0 aliphatic rings. The Morgan fingerprint density at radius 2 is 2.00 bits per heavy atom. The van der Waals surface area contributed by atoms with Gasteiger partial charge in [0.25, 0.3) is 0 Å². The quantitative estimate of drug-likeness (QED) is 0.637. The van der Waals surface area contributed by atoms with Crippen molar-refractivity contribution in [1.82, 2.24) is 5.32 Å². The minimum Gasteiger partial charge on any atom is -0.355 e. The van der Waals surface area contributed by atoms with Crippen molar-refractivity contribution in [2.45, 2.75) is 38.4 Å². The highest BCUT2D eigenvalue weighted by atomic mass is 32.1. The van der Waals surface area contributed by atoms with Crippen LogP contribution in [0.5, 0.6) is 0 Å². The molecular weight excluding hydrogens is 186 g/mol. The summed E-state index contributed by atoms with van der Waals surface area (Å²) in [7, 11) is 0. The topological polar surface area (TPSA) is 46.2 Å². The van der Waals surface area contributed by atoms with E-state index >= 15 is 0 Å². The molecule has 0 fully saturated rings. The number of hydrogen-bond acceptors (Lipinski definition) is 3. The monoisotopic (exact) mass is 203 g/mol. The third-order valence-electron chi connectivity index (χ3n) is 1.62. The molecule has 0 heterocycles. The predicted octanol–water partition coefficient (Wildman–Crippen LogP) is 1.18. The zero-order valence-corrected chi connectivity index (χ0v) is 9.06. The second-order valence-electron chi connectivity index (χ2n) is 3.05. The highest BCUT2D eigenvalue weighted by Crippen LogP contribution is 1.95. The fraction of sp³-hybridized carbons (Fsp3) is 0.778. The number of ketones is 1. The molecule has 0 aromatic carbocycles. The molecule has 1 amide bonds. The van der Waals surface area contributed by atoms with Crippen molar-refractivity contribution in [2.24, 2.45) is 0 Å². The second kappa shape index (κ2) is 6.95. The fourth-order valence-electron chi connectivity index (χ4n) is 0.780. The largest absolute Gasteiger partial charge is 0.355 e. The van der Waals surface area contributed by atoms with Crippen molar-refractivity contribution in [3.63, 3.8) is 0 Å². The van der Waals surface area contributed by atoms with Crippen LogP contribution in [-0.4, -0.2) is 23.5 Å². The Morgan fingerprint density at radius 3 is 2.46 bits per heavy atom. The van der Waals surface area contributed by atoms with Gasteiger partial charge in [-0.2, -0.15) is 12.6 Å². The van der Waals surface area contributed by atoms with Crippen LogP contribution in [0.3, 0.4) is 0 Å². The van der Waals surface area contributed by atoms with E-state index in [1.54, 1.807) is 6.92 Å². The van der Waals surface area contributed by atoms with Gasteiger partial charge in [-0.15, -0.1) is 0 Å². The van der Waals surface area contributed by atoms with Crippen molar-refractivity contribution in [1.29, 1.82) is 0 Å². The molecule has 0 bridgehead atoms. The number of carbonyl (C=O) groups excluding carboxylic acids is 2. The van der Waals surface area contributed by atoms with Crippen LogP contribution in [0, 0.1) is 0 Å². The Bertz CT molecular complexity index is 180. The third-order valence-corrected chi connectivity index (χ3v) is 1.80. The summed E-state index contributed by atoms with van der Waals surface area (Å²) in [4.78, 5) is 21.9. The average molecular weight is 203 g/mol. The standard InChI is InChI=1S/C9H17NO2S/c1-3-8(11)4-5-9(12)10-6-7(2)13/h7,13H,3-6H2,1-2H3,(H,10,12). The van der Waals surface area contributed by atoms with Crippen LogP contribution >= 0.6 is 12.6 Å². The summed E-state index contributed by atoms with van der Waals surface area (Å²) < 4.78 is 0. The second-order valence-corrected chi connectivity index (χ2v) is 3.93. The van der Waals surface area contributed by atoms with Crippen LogP contribution in [0.4, 0.5) is 0 Å². The van der Waals surface area contributed by atoms with E-state index in [4.69, 9.17) is 0 Å². The van der Waals surface area contributed by atoms with Gasteiger partial charge < -0.3 is 5.32 Å². The summed E-state index contributed by atoms with van der Waals surface area (Å²) in [5, 5.41) is 2.85. The Hall–Kier alpha value is -0.510. The van der Waals surface area contributed by atoms with E-state index in [1.165, 1.54) is 0 Å². The summed E-state index contributed by atoms with van der Waals surface area (Å²) in [6, 6.07) is 0. The van der Waals surface area contributed by atoms with Gasteiger partial charge in [0.05, 0.1) is 0 Å². The van der Waals surface area contributed by atoms with Crippen molar-refractivity contribution < 1.29 is 9.59 Å². The minimum atomic E-state index is -0.0669. The van der Waals surface area contributed by atoms with Crippen LogP contribution < -0.4 is 5.32 Å². The number of Topliss-reactive ketones (excluding diaryl/α,β-unsaturated/α-hetero) is 1. The molecule has 0 radical (unpaired) electrons. The maximum Gasteiger partial charge on any atom is 0.220 e. The zero-order chi connectivity index (χ0) is 10.3. The fourth-order valence-corrected chi connectivity index (χ4v) is 0.871. The lowest BCUT2D eigenvalue weighted by Gasteiger charge is -2.06. The third kappa shape index (κ3) is 7.84. The first-order valence-electron chi connectivity index (χ1n) is 4.52. The Balaban J connectivity index is 3.46. The minimum absolute atomic E-state index is 0.0669. The number of thiol groups is 1. The van der Waals surface area contributed by atoms with Gasteiger partial charge in [0.2, 0.25) is 5.91 Å². The van der Waals surface area contributed by atoms with E-state index in [0.29, 0.717) is 25.8 Å². The molecule has 1 unspecified atom stereocenters. The van der Waals surface area contributed by atoms with Crippen molar-refractivity contribution in [2.75, 3.05) is 6.54 Å². The van der Waals surface area contributed by atoms with Crippen molar-refractivity contribution in [3.8, 4) is 0 Å². The van der Waals surface area contributed by atoms with Crippen molar-refractivity contribution in [3.05, 3.63) is 0 Å². The molecule has 0 saturated carbocycles. The lowest BCUT2D eigenvalue weighted by Crippen LogP contribution is -2.28. The van der Waals surface area contributed by atoms with Crippen LogP contribution in [0.2, 0.25) is 0 Å². The van der Waals surface area contributed by atoms with E-state index in [9.17, 15) is 9.59 Å². The lowest BCUT2D eigenvalue weighted by molar-refractivity contribution is -0.125. The summed E-state index contributed by atoms with van der Waals surface area (Å²) in [5.74, 6) is 0.0665. The number of rotatable bonds is 6. The maximum absolute atomic E-state index is 11.1. The van der Waals surface area contributed by atoms with Gasteiger partial charge in [0, 0.05) is 31.1 Å². The molecular formula is C9H17NO2S. The van der Waals surface area contributed by atoms with Crippen LogP contribution in [-0.2, 0) is 9.59 Å². The average Bonchev–Trinajstić information content (AvgIpc) is 2.10. The van der Waals surface area contributed by atoms with Crippen LogP contribution in [0.25, 0.3) is 0 Å². The molecule has 76 valence electrons. The summed E-state index contributed by atoms with van der Waals surface area (Å²) in [6.45, 7) is 4.26. The van der Waals surface area contributed by atoms with E-state index in [-0.39, 0.29) is 16.9 Å². The summed E-state index contributed by atoms with van der Waals surface area (Å²) >= 11 is 4.12. The molecule has 0 aliphatic carbocycles. The number of hydrogen-bond donors (Lipinski definition) is 2. The molecule has 0 spiro atoms. The van der Waals surface area contributed by atoms with Gasteiger partial charge in [-0.05, 0) is 0 Å². The van der Waals surface area contributed by atoms with Gasteiger partial charge in [0.1, 0.15) is 5.78 Å². The summed E-state index contributed by atoms with van der Waals surface area (Å²) in [5.41, 5.74) is 0. The molecule has 4 heteroatoms. The molecule has 0 aliphatic heterocycles. The van der Waals surface area contributed by atoms with Gasteiger partial charge >= 0.3 is 0 Å². The van der Waals surface area contributed by atoms with E-state index in [0.717, 1.165) is 0 Å².